The first-order valence-corrected chi connectivity index (χ1v) is 6.83. The molecule has 2 aromatic carbocycles. The van der Waals surface area contributed by atoms with Gasteiger partial charge in [0.2, 0.25) is 0 Å². The molecule has 0 aliphatic carbocycles. The lowest BCUT2D eigenvalue weighted by Gasteiger charge is -2.10. The Morgan fingerprint density at radius 1 is 1.26 bits per heavy atom. The van der Waals surface area contributed by atoms with E-state index in [1.165, 1.54) is 18.2 Å². The van der Waals surface area contributed by atoms with Crippen LogP contribution in [-0.2, 0) is 6.54 Å². The molecule has 0 atom stereocenters. The molecule has 0 aliphatic rings. The lowest BCUT2D eigenvalue weighted by molar-refractivity contribution is 0.477. The molecule has 0 aliphatic heterocycles. The van der Waals surface area contributed by atoms with E-state index >= 15 is 0 Å². The molecule has 0 amide bonds. The van der Waals surface area contributed by atoms with Crippen molar-refractivity contribution in [1.82, 2.24) is 5.32 Å². The second kappa shape index (κ2) is 6.37. The highest BCUT2D eigenvalue weighted by molar-refractivity contribution is 9.10. The van der Waals surface area contributed by atoms with Crippen LogP contribution in [0.15, 0.2) is 40.9 Å². The molecule has 2 aromatic rings. The lowest BCUT2D eigenvalue weighted by Crippen LogP contribution is -2.04. The molecule has 100 valence electrons. The highest BCUT2D eigenvalue weighted by atomic mass is 79.9. The van der Waals surface area contributed by atoms with Crippen LogP contribution in [-0.4, -0.2) is 7.05 Å². The summed E-state index contributed by atoms with van der Waals surface area (Å²) >= 11 is 9.16. The predicted octanol–water partition coefficient (Wildman–Crippen LogP) is 4.75. The second-order valence-corrected chi connectivity index (χ2v) is 5.23. The third-order valence-corrected chi connectivity index (χ3v) is 3.41. The van der Waals surface area contributed by atoms with Crippen LogP contribution in [0.5, 0.6) is 11.5 Å². The largest absolute Gasteiger partial charge is 0.456 e. The van der Waals surface area contributed by atoms with Gasteiger partial charge < -0.3 is 10.1 Å². The fourth-order valence-electron chi connectivity index (χ4n) is 1.61. The van der Waals surface area contributed by atoms with Crippen molar-refractivity contribution in [3.63, 3.8) is 0 Å². The minimum Gasteiger partial charge on any atom is -0.456 e. The molecule has 0 heterocycles. The van der Waals surface area contributed by atoms with Crippen LogP contribution in [0, 0.1) is 5.82 Å². The minimum atomic E-state index is -0.461. The quantitative estimate of drug-likeness (QED) is 0.864. The summed E-state index contributed by atoms with van der Waals surface area (Å²) in [6.07, 6.45) is 0. The number of nitrogens with one attached hydrogen (secondary N) is 1. The molecule has 0 radical (unpaired) electrons. The first-order chi connectivity index (χ1) is 9.10. The van der Waals surface area contributed by atoms with E-state index in [1.54, 1.807) is 0 Å². The van der Waals surface area contributed by atoms with E-state index in [-0.39, 0.29) is 5.02 Å². The maximum atomic E-state index is 13.1. The highest BCUT2D eigenvalue weighted by Gasteiger charge is 2.06. The molecule has 0 fully saturated rings. The first kappa shape index (κ1) is 14.3. The predicted molar refractivity (Wildman–Crippen MR) is 78.4 cm³/mol. The molecule has 0 spiro atoms. The Labute approximate surface area is 124 Å². The first-order valence-electron chi connectivity index (χ1n) is 5.66. The fraction of sp³-hybridized carbons (Fsp3) is 0.143. The molecule has 0 bridgehead atoms. The Balaban J connectivity index is 2.20. The number of ether oxygens (including phenoxy) is 1. The zero-order valence-corrected chi connectivity index (χ0v) is 12.6. The number of hydrogen-bond acceptors (Lipinski definition) is 2. The number of halogens is 3. The topological polar surface area (TPSA) is 21.3 Å². The van der Waals surface area contributed by atoms with Gasteiger partial charge in [-0.2, -0.15) is 0 Å². The SMILES string of the molecule is CNCc1ccc(Oc2ccc(F)c(Cl)c2)c(Br)c1. The number of rotatable bonds is 4. The third kappa shape index (κ3) is 3.69. The van der Waals surface area contributed by atoms with E-state index in [4.69, 9.17) is 16.3 Å². The Hall–Kier alpha value is -1.10. The van der Waals surface area contributed by atoms with E-state index in [0.717, 1.165) is 16.6 Å². The van der Waals surface area contributed by atoms with Gasteiger partial charge in [-0.25, -0.2) is 4.39 Å². The van der Waals surface area contributed by atoms with Gasteiger partial charge in [-0.15, -0.1) is 0 Å². The van der Waals surface area contributed by atoms with Crippen LogP contribution in [0.2, 0.25) is 5.02 Å². The Bertz CT molecular complexity index is 592. The van der Waals surface area contributed by atoms with Crippen molar-refractivity contribution in [2.24, 2.45) is 0 Å². The summed E-state index contributed by atoms with van der Waals surface area (Å²) in [6, 6.07) is 10.0. The third-order valence-electron chi connectivity index (χ3n) is 2.50. The summed E-state index contributed by atoms with van der Waals surface area (Å²) in [7, 11) is 1.89. The monoisotopic (exact) mass is 343 g/mol. The summed E-state index contributed by atoms with van der Waals surface area (Å²) in [6.45, 7) is 0.779. The molecular weight excluding hydrogens is 333 g/mol. The van der Waals surface area contributed by atoms with E-state index in [0.29, 0.717) is 11.5 Å². The van der Waals surface area contributed by atoms with Gasteiger partial charge in [0, 0.05) is 12.6 Å². The fourth-order valence-corrected chi connectivity index (χ4v) is 2.29. The van der Waals surface area contributed by atoms with Crippen LogP contribution in [0.25, 0.3) is 0 Å². The van der Waals surface area contributed by atoms with E-state index < -0.39 is 5.82 Å². The van der Waals surface area contributed by atoms with Crippen molar-refractivity contribution < 1.29 is 9.13 Å². The van der Waals surface area contributed by atoms with Crippen molar-refractivity contribution in [1.29, 1.82) is 0 Å². The highest BCUT2D eigenvalue weighted by Crippen LogP contribution is 2.32. The van der Waals surface area contributed by atoms with Gasteiger partial charge in [-0.1, -0.05) is 17.7 Å². The van der Waals surface area contributed by atoms with Crippen LogP contribution in [0.4, 0.5) is 4.39 Å². The molecule has 19 heavy (non-hydrogen) atoms. The van der Waals surface area contributed by atoms with Crippen molar-refractivity contribution in [2.45, 2.75) is 6.54 Å². The van der Waals surface area contributed by atoms with Gasteiger partial charge in [-0.3, -0.25) is 0 Å². The van der Waals surface area contributed by atoms with Crippen molar-refractivity contribution in [3.8, 4) is 11.5 Å². The van der Waals surface area contributed by atoms with Gasteiger partial charge >= 0.3 is 0 Å². The standard InChI is InChI=1S/C14H12BrClFNO/c1-18-8-9-2-5-14(11(15)6-9)19-10-3-4-13(17)12(16)7-10/h2-7,18H,8H2,1H3. The van der Waals surface area contributed by atoms with E-state index in [1.807, 2.05) is 25.2 Å². The maximum absolute atomic E-state index is 13.1. The Morgan fingerprint density at radius 3 is 2.68 bits per heavy atom. The van der Waals surface area contributed by atoms with Crippen LogP contribution >= 0.6 is 27.5 Å². The minimum absolute atomic E-state index is 0.0421. The average molecular weight is 345 g/mol. The molecular formula is C14H12BrClFNO. The van der Waals surface area contributed by atoms with E-state index in [9.17, 15) is 4.39 Å². The van der Waals surface area contributed by atoms with Crippen LogP contribution in [0.3, 0.4) is 0 Å². The Kier molecular flexibility index (Phi) is 4.80. The van der Waals surface area contributed by atoms with Gasteiger partial charge in [0.1, 0.15) is 17.3 Å². The lowest BCUT2D eigenvalue weighted by atomic mass is 10.2. The molecule has 0 saturated carbocycles. The Morgan fingerprint density at radius 2 is 2.05 bits per heavy atom. The van der Waals surface area contributed by atoms with Gasteiger partial charge in [0.15, 0.2) is 0 Å². The molecule has 2 nitrogen and oxygen atoms in total. The number of benzene rings is 2. The zero-order valence-electron chi connectivity index (χ0n) is 10.2. The van der Waals surface area contributed by atoms with Crippen molar-refractivity contribution in [2.75, 3.05) is 7.05 Å². The van der Waals surface area contributed by atoms with E-state index in [2.05, 4.69) is 21.2 Å². The molecule has 1 N–H and O–H groups in total. The molecule has 0 saturated heterocycles. The summed E-state index contributed by atoms with van der Waals surface area (Å²) in [4.78, 5) is 0. The van der Waals surface area contributed by atoms with Gasteiger partial charge in [0.05, 0.1) is 9.50 Å². The van der Waals surface area contributed by atoms with Crippen molar-refractivity contribution >= 4 is 27.5 Å². The smallest absolute Gasteiger partial charge is 0.142 e. The second-order valence-electron chi connectivity index (χ2n) is 3.97. The summed E-state index contributed by atoms with van der Waals surface area (Å²) in [5, 5.41) is 3.12. The summed E-state index contributed by atoms with van der Waals surface area (Å²) < 4.78 is 19.5. The summed E-state index contributed by atoms with van der Waals surface area (Å²) in [5.41, 5.74) is 1.14. The van der Waals surface area contributed by atoms with Crippen molar-refractivity contribution in [3.05, 3.63) is 57.3 Å². The zero-order chi connectivity index (χ0) is 13.8. The van der Waals surface area contributed by atoms with Crippen LogP contribution < -0.4 is 10.1 Å². The number of hydrogen-bond donors (Lipinski definition) is 1. The molecule has 0 unspecified atom stereocenters. The average Bonchev–Trinajstić information content (AvgIpc) is 2.37. The van der Waals surface area contributed by atoms with Crippen LogP contribution in [0.1, 0.15) is 5.56 Å². The van der Waals surface area contributed by atoms with Gasteiger partial charge in [0.25, 0.3) is 0 Å². The maximum Gasteiger partial charge on any atom is 0.142 e. The normalized spacial score (nSPS) is 10.5. The molecule has 2 rings (SSSR count). The van der Waals surface area contributed by atoms with Gasteiger partial charge in [-0.05, 0) is 52.8 Å². The molecule has 5 heteroatoms. The summed E-state index contributed by atoms with van der Waals surface area (Å²) in [5.74, 6) is 0.688. The molecule has 0 aromatic heterocycles.